The van der Waals surface area contributed by atoms with Gasteiger partial charge in [0.15, 0.2) is 0 Å². The van der Waals surface area contributed by atoms with E-state index in [1.54, 1.807) is 6.20 Å². The number of aromatic nitrogens is 3. The first kappa shape index (κ1) is 14.6. The van der Waals surface area contributed by atoms with Gasteiger partial charge in [0.1, 0.15) is 5.82 Å². The fourth-order valence-corrected chi connectivity index (χ4v) is 2.82. The van der Waals surface area contributed by atoms with Crippen LogP contribution in [0.15, 0.2) is 24.4 Å². The molecule has 0 aliphatic carbocycles. The van der Waals surface area contributed by atoms with E-state index in [9.17, 15) is 4.79 Å². The van der Waals surface area contributed by atoms with Crippen LogP contribution >= 0.6 is 0 Å². The number of carbonyl (C=O) groups is 1. The third-order valence-electron chi connectivity index (χ3n) is 4.21. The number of H-pyrrole nitrogens is 1. The van der Waals surface area contributed by atoms with E-state index in [2.05, 4.69) is 20.1 Å². The van der Waals surface area contributed by atoms with E-state index in [4.69, 9.17) is 0 Å². The fraction of sp³-hybridized carbons (Fsp3) is 0.438. The standard InChI is InChI=1S/C16H21N5O/c1-12-14(13(2)19-18-12)11-16(22)21-9-7-20(8-10-21)15-5-3-4-6-17-15/h3-6H,7-11H2,1-2H3,(H,18,19). The van der Waals surface area contributed by atoms with Crippen LogP contribution in [0.3, 0.4) is 0 Å². The lowest BCUT2D eigenvalue weighted by atomic mass is 10.1. The molecule has 2 aromatic heterocycles. The third-order valence-corrected chi connectivity index (χ3v) is 4.21. The number of amides is 1. The second-order valence-electron chi connectivity index (χ2n) is 5.65. The number of hydrogen-bond donors (Lipinski definition) is 1. The van der Waals surface area contributed by atoms with Gasteiger partial charge in [0.2, 0.25) is 5.91 Å². The average molecular weight is 299 g/mol. The van der Waals surface area contributed by atoms with Crippen molar-refractivity contribution in [1.82, 2.24) is 20.1 Å². The molecule has 1 amide bonds. The molecule has 1 saturated heterocycles. The van der Waals surface area contributed by atoms with Crippen LogP contribution < -0.4 is 4.90 Å². The molecule has 2 aromatic rings. The van der Waals surface area contributed by atoms with E-state index in [0.717, 1.165) is 48.9 Å². The molecule has 116 valence electrons. The van der Waals surface area contributed by atoms with Gasteiger partial charge in [0, 0.05) is 43.6 Å². The number of hydrogen-bond acceptors (Lipinski definition) is 4. The Hall–Kier alpha value is -2.37. The zero-order valence-corrected chi connectivity index (χ0v) is 13.0. The van der Waals surface area contributed by atoms with E-state index in [1.165, 1.54) is 0 Å². The Balaban J connectivity index is 1.58. The molecule has 22 heavy (non-hydrogen) atoms. The molecule has 1 aliphatic rings. The van der Waals surface area contributed by atoms with E-state index in [1.807, 2.05) is 36.9 Å². The summed E-state index contributed by atoms with van der Waals surface area (Å²) in [7, 11) is 0. The summed E-state index contributed by atoms with van der Waals surface area (Å²) < 4.78 is 0. The van der Waals surface area contributed by atoms with Crippen molar-refractivity contribution in [3.63, 3.8) is 0 Å². The monoisotopic (exact) mass is 299 g/mol. The number of nitrogens with one attached hydrogen (secondary N) is 1. The van der Waals surface area contributed by atoms with E-state index in [0.29, 0.717) is 6.42 Å². The first-order valence-corrected chi connectivity index (χ1v) is 7.59. The molecule has 1 fully saturated rings. The van der Waals surface area contributed by atoms with Crippen LogP contribution in [0.1, 0.15) is 17.0 Å². The zero-order valence-electron chi connectivity index (χ0n) is 13.0. The summed E-state index contributed by atoms with van der Waals surface area (Å²) in [6, 6.07) is 5.92. The fourth-order valence-electron chi connectivity index (χ4n) is 2.82. The molecule has 6 heteroatoms. The Kier molecular flexibility index (Phi) is 4.09. The molecule has 3 rings (SSSR count). The Bertz CT molecular complexity index is 624. The predicted molar refractivity (Wildman–Crippen MR) is 84.8 cm³/mol. The maximum Gasteiger partial charge on any atom is 0.227 e. The van der Waals surface area contributed by atoms with Crippen molar-refractivity contribution in [3.8, 4) is 0 Å². The minimum atomic E-state index is 0.174. The highest BCUT2D eigenvalue weighted by molar-refractivity contribution is 5.79. The van der Waals surface area contributed by atoms with E-state index < -0.39 is 0 Å². The predicted octanol–water partition coefficient (Wildman–Crippen LogP) is 1.31. The first-order valence-electron chi connectivity index (χ1n) is 7.59. The van der Waals surface area contributed by atoms with Gasteiger partial charge in [-0.2, -0.15) is 5.10 Å². The summed E-state index contributed by atoms with van der Waals surface area (Å²) in [4.78, 5) is 21.0. The van der Waals surface area contributed by atoms with Crippen LogP contribution in [-0.2, 0) is 11.2 Å². The van der Waals surface area contributed by atoms with Crippen molar-refractivity contribution in [3.05, 3.63) is 41.3 Å². The Morgan fingerprint density at radius 2 is 2.00 bits per heavy atom. The van der Waals surface area contributed by atoms with Crippen LogP contribution in [0.25, 0.3) is 0 Å². The summed E-state index contributed by atoms with van der Waals surface area (Å²) in [5.74, 6) is 1.16. The SMILES string of the molecule is Cc1n[nH]c(C)c1CC(=O)N1CCN(c2ccccn2)CC1. The molecule has 0 bridgehead atoms. The maximum absolute atomic E-state index is 12.5. The summed E-state index contributed by atoms with van der Waals surface area (Å²) in [5.41, 5.74) is 2.92. The lowest BCUT2D eigenvalue weighted by Gasteiger charge is -2.35. The Labute approximate surface area is 130 Å². The highest BCUT2D eigenvalue weighted by atomic mass is 16.2. The van der Waals surface area contributed by atoms with Crippen LogP contribution in [0.2, 0.25) is 0 Å². The molecular formula is C16H21N5O. The van der Waals surface area contributed by atoms with Gasteiger partial charge in [-0.3, -0.25) is 9.89 Å². The molecule has 3 heterocycles. The molecule has 0 unspecified atom stereocenters. The van der Waals surface area contributed by atoms with Gasteiger partial charge in [-0.05, 0) is 26.0 Å². The normalized spacial score (nSPS) is 15.2. The smallest absolute Gasteiger partial charge is 0.227 e. The van der Waals surface area contributed by atoms with Crippen LogP contribution in [-0.4, -0.2) is 52.2 Å². The highest BCUT2D eigenvalue weighted by Gasteiger charge is 2.23. The molecule has 0 saturated carbocycles. The van der Waals surface area contributed by atoms with Crippen molar-refractivity contribution >= 4 is 11.7 Å². The lowest BCUT2D eigenvalue weighted by Crippen LogP contribution is -2.49. The van der Waals surface area contributed by atoms with Gasteiger partial charge in [0.05, 0.1) is 12.1 Å². The van der Waals surface area contributed by atoms with Crippen molar-refractivity contribution in [1.29, 1.82) is 0 Å². The second-order valence-corrected chi connectivity index (χ2v) is 5.65. The molecule has 6 nitrogen and oxygen atoms in total. The molecule has 1 N–H and O–H groups in total. The Morgan fingerprint density at radius 1 is 1.23 bits per heavy atom. The quantitative estimate of drug-likeness (QED) is 0.928. The van der Waals surface area contributed by atoms with E-state index >= 15 is 0 Å². The third kappa shape index (κ3) is 2.95. The van der Waals surface area contributed by atoms with Gasteiger partial charge in [0.25, 0.3) is 0 Å². The van der Waals surface area contributed by atoms with Gasteiger partial charge in [-0.25, -0.2) is 4.98 Å². The highest BCUT2D eigenvalue weighted by Crippen LogP contribution is 2.15. The molecular weight excluding hydrogens is 278 g/mol. The van der Waals surface area contributed by atoms with E-state index in [-0.39, 0.29) is 5.91 Å². The number of aryl methyl sites for hydroxylation is 2. The minimum Gasteiger partial charge on any atom is -0.353 e. The number of nitrogens with zero attached hydrogens (tertiary/aromatic N) is 4. The summed E-state index contributed by atoms with van der Waals surface area (Å²) in [6.45, 7) is 7.03. The summed E-state index contributed by atoms with van der Waals surface area (Å²) in [6.07, 6.45) is 2.23. The Morgan fingerprint density at radius 3 is 2.59 bits per heavy atom. The van der Waals surface area contributed by atoms with Gasteiger partial charge < -0.3 is 9.80 Å². The molecule has 0 aromatic carbocycles. The van der Waals surface area contributed by atoms with Gasteiger partial charge in [-0.15, -0.1) is 0 Å². The van der Waals surface area contributed by atoms with Crippen molar-refractivity contribution in [2.75, 3.05) is 31.1 Å². The number of aromatic amines is 1. The zero-order chi connectivity index (χ0) is 15.5. The van der Waals surface area contributed by atoms with Crippen LogP contribution in [0, 0.1) is 13.8 Å². The topological polar surface area (TPSA) is 65.1 Å². The van der Waals surface area contributed by atoms with Crippen LogP contribution in [0.5, 0.6) is 0 Å². The number of piperazine rings is 1. The lowest BCUT2D eigenvalue weighted by molar-refractivity contribution is -0.130. The molecule has 0 atom stereocenters. The second kappa shape index (κ2) is 6.17. The molecule has 0 spiro atoms. The summed E-state index contributed by atoms with van der Waals surface area (Å²) in [5, 5.41) is 7.09. The largest absolute Gasteiger partial charge is 0.353 e. The number of rotatable bonds is 3. The van der Waals surface area contributed by atoms with Crippen molar-refractivity contribution in [2.45, 2.75) is 20.3 Å². The van der Waals surface area contributed by atoms with Crippen molar-refractivity contribution in [2.24, 2.45) is 0 Å². The van der Waals surface area contributed by atoms with Crippen molar-refractivity contribution < 1.29 is 4.79 Å². The molecule has 0 radical (unpaired) electrons. The average Bonchev–Trinajstić information content (AvgIpc) is 2.88. The molecule has 1 aliphatic heterocycles. The maximum atomic E-state index is 12.5. The number of pyridine rings is 1. The minimum absolute atomic E-state index is 0.174. The number of anilines is 1. The van der Waals surface area contributed by atoms with Gasteiger partial charge in [-0.1, -0.05) is 6.07 Å². The first-order chi connectivity index (χ1) is 10.6. The van der Waals surface area contributed by atoms with Gasteiger partial charge >= 0.3 is 0 Å². The van der Waals surface area contributed by atoms with Crippen LogP contribution in [0.4, 0.5) is 5.82 Å². The number of carbonyl (C=O) groups excluding carboxylic acids is 1. The summed E-state index contributed by atoms with van der Waals surface area (Å²) >= 11 is 0.